The first-order chi connectivity index (χ1) is 10.1. The molecule has 3 heterocycles. The van der Waals surface area contributed by atoms with Gasteiger partial charge in [0.05, 0.1) is 11.3 Å². The Hall–Kier alpha value is -1.50. The number of nitrogens with one attached hydrogen (secondary N) is 1. The minimum absolute atomic E-state index is 0.123. The molecule has 0 radical (unpaired) electrons. The SMILES string of the molecule is CC(=O)Nc1ccn([C@@H]2CCN(C(=O)[C@@H]3CCCS3)C2)n1. The average Bonchev–Trinajstić information content (AvgIpc) is 3.18. The highest BCUT2D eigenvalue weighted by molar-refractivity contribution is 8.00. The largest absolute Gasteiger partial charge is 0.340 e. The molecule has 1 aromatic heterocycles. The van der Waals surface area contributed by atoms with Crippen molar-refractivity contribution in [2.45, 2.75) is 37.5 Å². The number of amides is 2. The van der Waals surface area contributed by atoms with Gasteiger partial charge < -0.3 is 10.2 Å². The molecule has 2 aliphatic heterocycles. The maximum absolute atomic E-state index is 12.4. The number of rotatable bonds is 3. The Labute approximate surface area is 128 Å². The van der Waals surface area contributed by atoms with E-state index in [1.165, 1.54) is 6.92 Å². The molecule has 0 saturated carbocycles. The molecule has 6 nitrogen and oxygen atoms in total. The number of nitrogens with zero attached hydrogens (tertiary/aromatic N) is 3. The van der Waals surface area contributed by atoms with Crippen LogP contribution in [0.1, 0.15) is 32.2 Å². The van der Waals surface area contributed by atoms with E-state index in [9.17, 15) is 9.59 Å². The van der Waals surface area contributed by atoms with Crippen molar-refractivity contribution in [2.75, 3.05) is 24.2 Å². The topological polar surface area (TPSA) is 67.2 Å². The van der Waals surface area contributed by atoms with E-state index in [0.717, 1.165) is 38.1 Å². The third-order valence-corrected chi connectivity index (χ3v) is 5.33. The van der Waals surface area contributed by atoms with Crippen LogP contribution in [0.15, 0.2) is 12.3 Å². The lowest BCUT2D eigenvalue weighted by Gasteiger charge is -2.20. The lowest BCUT2D eigenvalue weighted by molar-refractivity contribution is -0.129. The number of anilines is 1. The molecule has 2 saturated heterocycles. The second-order valence-electron chi connectivity index (χ2n) is 5.59. The molecule has 1 aromatic rings. The van der Waals surface area contributed by atoms with Gasteiger partial charge in [0.25, 0.3) is 0 Å². The molecule has 2 aliphatic rings. The van der Waals surface area contributed by atoms with Gasteiger partial charge in [-0.15, -0.1) is 11.8 Å². The summed E-state index contributed by atoms with van der Waals surface area (Å²) in [6.07, 6.45) is 4.95. The Morgan fingerprint density at radius 2 is 2.29 bits per heavy atom. The molecule has 2 amide bonds. The summed E-state index contributed by atoms with van der Waals surface area (Å²) in [5.74, 6) is 1.84. The van der Waals surface area contributed by atoms with E-state index in [2.05, 4.69) is 10.4 Å². The van der Waals surface area contributed by atoms with E-state index in [0.29, 0.717) is 5.82 Å². The van der Waals surface area contributed by atoms with Gasteiger partial charge in [0, 0.05) is 32.3 Å². The molecule has 2 fully saturated rings. The molecule has 0 bridgehead atoms. The van der Waals surface area contributed by atoms with Crippen molar-refractivity contribution >= 4 is 29.4 Å². The number of hydrogen-bond acceptors (Lipinski definition) is 4. The minimum atomic E-state index is -0.123. The zero-order valence-electron chi connectivity index (χ0n) is 12.1. The number of carbonyl (C=O) groups is 2. The summed E-state index contributed by atoms with van der Waals surface area (Å²) in [5.41, 5.74) is 0. The van der Waals surface area contributed by atoms with Gasteiger partial charge in [-0.05, 0) is 25.0 Å². The van der Waals surface area contributed by atoms with Crippen molar-refractivity contribution in [1.29, 1.82) is 0 Å². The molecule has 1 N–H and O–H groups in total. The second kappa shape index (κ2) is 6.09. The van der Waals surface area contributed by atoms with E-state index in [-0.39, 0.29) is 23.1 Å². The maximum Gasteiger partial charge on any atom is 0.235 e. The van der Waals surface area contributed by atoms with Crippen molar-refractivity contribution in [3.63, 3.8) is 0 Å². The van der Waals surface area contributed by atoms with Gasteiger partial charge in [0.1, 0.15) is 0 Å². The summed E-state index contributed by atoms with van der Waals surface area (Å²) >= 11 is 1.78. The van der Waals surface area contributed by atoms with Crippen LogP contribution < -0.4 is 5.32 Å². The number of carbonyl (C=O) groups excluding carboxylic acids is 2. The standard InChI is InChI=1S/C14H20N4O2S/c1-10(19)15-13-5-7-18(16-13)11-4-6-17(9-11)14(20)12-3-2-8-21-12/h5,7,11-12H,2-4,6,8-9H2,1H3,(H,15,16,19)/t11-,12+/m1/s1. The van der Waals surface area contributed by atoms with Gasteiger partial charge in [0.15, 0.2) is 5.82 Å². The van der Waals surface area contributed by atoms with Crippen LogP contribution in [0.3, 0.4) is 0 Å². The predicted molar refractivity (Wildman–Crippen MR) is 82.2 cm³/mol. The molecule has 0 unspecified atom stereocenters. The molecule has 21 heavy (non-hydrogen) atoms. The minimum Gasteiger partial charge on any atom is -0.340 e. The number of aromatic nitrogens is 2. The number of likely N-dealkylation sites (tertiary alicyclic amines) is 1. The van der Waals surface area contributed by atoms with Crippen LogP contribution >= 0.6 is 11.8 Å². The van der Waals surface area contributed by atoms with Gasteiger partial charge in [-0.1, -0.05) is 0 Å². The van der Waals surface area contributed by atoms with E-state index >= 15 is 0 Å². The van der Waals surface area contributed by atoms with E-state index in [4.69, 9.17) is 0 Å². The Morgan fingerprint density at radius 3 is 3.00 bits per heavy atom. The Balaban J connectivity index is 1.59. The van der Waals surface area contributed by atoms with Crippen LogP contribution in [0.4, 0.5) is 5.82 Å². The maximum atomic E-state index is 12.4. The van der Waals surface area contributed by atoms with Crippen molar-refractivity contribution in [3.05, 3.63) is 12.3 Å². The summed E-state index contributed by atoms with van der Waals surface area (Å²) in [5, 5.41) is 7.20. The number of hydrogen-bond donors (Lipinski definition) is 1. The molecule has 2 atom stereocenters. The first-order valence-corrected chi connectivity index (χ1v) is 8.41. The summed E-state index contributed by atoms with van der Waals surface area (Å²) in [7, 11) is 0. The normalized spacial score (nSPS) is 25.3. The van der Waals surface area contributed by atoms with Crippen molar-refractivity contribution in [1.82, 2.24) is 14.7 Å². The second-order valence-corrected chi connectivity index (χ2v) is 6.90. The zero-order valence-corrected chi connectivity index (χ0v) is 12.9. The van der Waals surface area contributed by atoms with Crippen LogP contribution in [0.2, 0.25) is 0 Å². The fraction of sp³-hybridized carbons (Fsp3) is 0.643. The molecule has 3 rings (SSSR count). The van der Waals surface area contributed by atoms with Gasteiger partial charge >= 0.3 is 0 Å². The smallest absolute Gasteiger partial charge is 0.235 e. The molecule has 0 spiro atoms. The zero-order chi connectivity index (χ0) is 14.8. The quantitative estimate of drug-likeness (QED) is 0.919. The van der Waals surface area contributed by atoms with Gasteiger partial charge in [-0.25, -0.2) is 0 Å². The predicted octanol–water partition coefficient (Wildman–Crippen LogP) is 1.51. The van der Waals surface area contributed by atoms with Crippen LogP contribution in [0.25, 0.3) is 0 Å². The summed E-state index contributed by atoms with van der Waals surface area (Å²) < 4.78 is 1.86. The number of thioether (sulfide) groups is 1. The third-order valence-electron chi connectivity index (χ3n) is 3.97. The van der Waals surface area contributed by atoms with Crippen molar-refractivity contribution < 1.29 is 9.59 Å². The fourth-order valence-electron chi connectivity index (χ4n) is 2.92. The van der Waals surface area contributed by atoms with Crippen LogP contribution in [-0.2, 0) is 9.59 Å². The molecular weight excluding hydrogens is 288 g/mol. The summed E-state index contributed by atoms with van der Waals surface area (Å²) in [6.45, 7) is 2.99. The van der Waals surface area contributed by atoms with Gasteiger partial charge in [-0.3, -0.25) is 14.3 Å². The Bertz CT molecular complexity index is 539. The fourth-order valence-corrected chi connectivity index (χ4v) is 4.17. The first-order valence-electron chi connectivity index (χ1n) is 7.36. The van der Waals surface area contributed by atoms with Crippen LogP contribution in [0.5, 0.6) is 0 Å². The van der Waals surface area contributed by atoms with Gasteiger partial charge in [-0.2, -0.15) is 5.10 Å². The third kappa shape index (κ3) is 3.23. The van der Waals surface area contributed by atoms with Crippen LogP contribution in [-0.4, -0.2) is 50.6 Å². The highest BCUT2D eigenvalue weighted by Crippen LogP contribution is 2.30. The highest BCUT2D eigenvalue weighted by Gasteiger charge is 2.33. The van der Waals surface area contributed by atoms with E-state index < -0.39 is 0 Å². The van der Waals surface area contributed by atoms with E-state index in [1.807, 2.05) is 15.8 Å². The highest BCUT2D eigenvalue weighted by atomic mass is 32.2. The lowest BCUT2D eigenvalue weighted by Crippen LogP contribution is -2.35. The summed E-state index contributed by atoms with van der Waals surface area (Å²) in [6, 6.07) is 2.00. The Kier molecular flexibility index (Phi) is 4.19. The molecule has 7 heteroatoms. The molecule has 0 aromatic carbocycles. The van der Waals surface area contributed by atoms with Crippen LogP contribution in [0, 0.1) is 0 Å². The molecular formula is C14H20N4O2S. The van der Waals surface area contributed by atoms with Crippen molar-refractivity contribution in [3.8, 4) is 0 Å². The Morgan fingerprint density at radius 1 is 1.43 bits per heavy atom. The van der Waals surface area contributed by atoms with Gasteiger partial charge in [0.2, 0.25) is 11.8 Å². The van der Waals surface area contributed by atoms with Crippen molar-refractivity contribution in [2.24, 2.45) is 0 Å². The first kappa shape index (κ1) is 14.4. The lowest BCUT2D eigenvalue weighted by atomic mass is 10.2. The molecule has 114 valence electrons. The molecule has 0 aliphatic carbocycles. The monoisotopic (exact) mass is 308 g/mol. The van der Waals surface area contributed by atoms with E-state index in [1.54, 1.807) is 17.8 Å². The average molecular weight is 308 g/mol. The summed E-state index contributed by atoms with van der Waals surface area (Å²) in [4.78, 5) is 25.4.